The number of aryl methyl sites for hydroxylation is 1. The molecule has 1 saturated carbocycles. The van der Waals surface area contributed by atoms with Crippen LogP contribution in [-0.4, -0.2) is 31.4 Å². The van der Waals surface area contributed by atoms with Gasteiger partial charge in [-0.3, -0.25) is 4.31 Å². The van der Waals surface area contributed by atoms with Gasteiger partial charge in [-0.25, -0.2) is 8.42 Å². The fourth-order valence-electron chi connectivity index (χ4n) is 4.51. The molecule has 196 valence electrons. The Morgan fingerprint density at radius 3 is 2.64 bits per heavy atom. The highest BCUT2D eigenvalue weighted by molar-refractivity contribution is 7.92. The van der Waals surface area contributed by atoms with E-state index in [-0.39, 0.29) is 0 Å². The average molecular weight is 513 g/mol. The van der Waals surface area contributed by atoms with Gasteiger partial charge in [0.2, 0.25) is 21.8 Å². The number of nitrogens with zero attached hydrogens (tertiary/aromatic N) is 3. The summed E-state index contributed by atoms with van der Waals surface area (Å²) in [7, 11) is -3.44. The van der Waals surface area contributed by atoms with Crippen LogP contribution in [0.15, 0.2) is 59.1 Å². The average Bonchev–Trinajstić information content (AvgIpc) is 3.27. The molecule has 0 spiro atoms. The SMILES string of the molecule is C=C/C=C\C=C(/C)C[C@@](C)(N)c1nnc(-c2cc(CCC3CC3C)cc(N(CCC)S(C)(=O)=O)c2)o1. The second kappa shape index (κ2) is 11.6. The molecule has 0 aliphatic heterocycles. The summed E-state index contributed by atoms with van der Waals surface area (Å²) in [6.45, 7) is 12.2. The Morgan fingerprint density at radius 1 is 1.31 bits per heavy atom. The number of rotatable bonds is 13. The zero-order chi connectivity index (χ0) is 26.5. The Labute approximate surface area is 216 Å². The summed E-state index contributed by atoms with van der Waals surface area (Å²) in [5.74, 6) is 2.18. The molecule has 1 fully saturated rings. The third-order valence-corrected chi connectivity index (χ3v) is 7.80. The summed E-state index contributed by atoms with van der Waals surface area (Å²) in [6, 6.07) is 5.82. The first-order valence-electron chi connectivity index (χ1n) is 12.6. The maximum Gasteiger partial charge on any atom is 0.247 e. The number of nitrogens with two attached hydrogens (primary N) is 1. The Morgan fingerprint density at radius 2 is 2.03 bits per heavy atom. The monoisotopic (exact) mass is 512 g/mol. The molecule has 2 unspecified atom stereocenters. The minimum Gasteiger partial charge on any atom is -0.419 e. The zero-order valence-electron chi connectivity index (χ0n) is 22.2. The standard InChI is InChI=1S/C28H40N4O3S/c1-7-9-10-11-20(3)19-28(5,29)27-31-30-26(35-27)24-16-22(12-13-23-15-21(23)4)17-25(18-24)32(14-8-2)36(6,33)34/h7,9-11,16-18,21,23H,1,8,12-15,19,29H2,2-6H3/b10-9-,20-11+/t21?,23?,28-/m1/s1. The molecule has 0 bridgehead atoms. The van der Waals surface area contributed by atoms with Gasteiger partial charge in [-0.05, 0) is 81.5 Å². The highest BCUT2D eigenvalue weighted by Gasteiger charge is 2.32. The van der Waals surface area contributed by atoms with Gasteiger partial charge in [-0.15, -0.1) is 10.2 Å². The molecule has 1 aromatic carbocycles. The van der Waals surface area contributed by atoms with E-state index in [2.05, 4.69) is 23.7 Å². The molecule has 3 atom stereocenters. The Kier molecular flexibility index (Phi) is 8.95. The predicted molar refractivity (Wildman–Crippen MR) is 147 cm³/mol. The van der Waals surface area contributed by atoms with Gasteiger partial charge in [0.05, 0.1) is 17.5 Å². The van der Waals surface area contributed by atoms with Crippen molar-refractivity contribution in [3.63, 3.8) is 0 Å². The van der Waals surface area contributed by atoms with E-state index < -0.39 is 15.6 Å². The molecule has 7 nitrogen and oxygen atoms in total. The summed E-state index contributed by atoms with van der Waals surface area (Å²) >= 11 is 0. The Balaban J connectivity index is 1.94. The smallest absolute Gasteiger partial charge is 0.247 e. The van der Waals surface area contributed by atoms with E-state index >= 15 is 0 Å². The molecular weight excluding hydrogens is 472 g/mol. The van der Waals surface area contributed by atoms with E-state index in [9.17, 15) is 8.42 Å². The molecule has 1 aliphatic carbocycles. The Hall–Kier alpha value is -2.71. The van der Waals surface area contributed by atoms with Crippen molar-refractivity contribution in [2.24, 2.45) is 17.6 Å². The molecule has 3 rings (SSSR count). The van der Waals surface area contributed by atoms with Gasteiger partial charge in [0, 0.05) is 12.1 Å². The van der Waals surface area contributed by atoms with Crippen LogP contribution < -0.4 is 10.0 Å². The number of hydrogen-bond donors (Lipinski definition) is 1. The number of anilines is 1. The number of benzene rings is 1. The molecule has 1 aromatic heterocycles. The van der Waals surface area contributed by atoms with Crippen LogP contribution in [0.1, 0.15) is 64.8 Å². The van der Waals surface area contributed by atoms with Gasteiger partial charge in [-0.1, -0.05) is 50.3 Å². The van der Waals surface area contributed by atoms with E-state index in [0.717, 1.165) is 35.8 Å². The topological polar surface area (TPSA) is 102 Å². The van der Waals surface area contributed by atoms with Gasteiger partial charge in [0.1, 0.15) is 0 Å². The number of hydrogen-bond acceptors (Lipinski definition) is 6. The Bertz CT molecular complexity index is 1230. The van der Waals surface area contributed by atoms with E-state index in [4.69, 9.17) is 10.2 Å². The van der Waals surface area contributed by atoms with Crippen molar-refractivity contribution >= 4 is 15.7 Å². The quantitative estimate of drug-likeness (QED) is 0.343. The van der Waals surface area contributed by atoms with E-state index in [1.165, 1.54) is 17.0 Å². The van der Waals surface area contributed by atoms with Gasteiger partial charge in [0.15, 0.2) is 0 Å². The number of aromatic nitrogens is 2. The lowest BCUT2D eigenvalue weighted by atomic mass is 9.94. The van der Waals surface area contributed by atoms with Crippen molar-refractivity contribution in [1.82, 2.24) is 10.2 Å². The molecule has 1 heterocycles. The van der Waals surface area contributed by atoms with Gasteiger partial charge >= 0.3 is 0 Å². The van der Waals surface area contributed by atoms with Crippen molar-refractivity contribution in [2.45, 2.75) is 65.3 Å². The lowest BCUT2D eigenvalue weighted by molar-refractivity contribution is 0.355. The summed E-state index contributed by atoms with van der Waals surface area (Å²) in [5.41, 5.74) is 9.18. The van der Waals surface area contributed by atoms with Crippen LogP contribution in [-0.2, 0) is 22.0 Å². The van der Waals surface area contributed by atoms with Crippen molar-refractivity contribution in [2.75, 3.05) is 17.1 Å². The molecule has 0 amide bonds. The molecule has 8 heteroatoms. The highest BCUT2D eigenvalue weighted by Crippen LogP contribution is 2.41. The molecule has 2 N–H and O–H groups in total. The predicted octanol–water partition coefficient (Wildman–Crippen LogP) is 5.75. The highest BCUT2D eigenvalue weighted by atomic mass is 32.2. The first-order valence-corrected chi connectivity index (χ1v) is 14.5. The van der Waals surface area contributed by atoms with E-state index in [0.29, 0.717) is 42.4 Å². The third-order valence-electron chi connectivity index (χ3n) is 6.61. The second-order valence-electron chi connectivity index (χ2n) is 10.4. The van der Waals surface area contributed by atoms with Crippen LogP contribution in [0.2, 0.25) is 0 Å². The largest absolute Gasteiger partial charge is 0.419 e. The normalized spacial score (nSPS) is 19.9. The van der Waals surface area contributed by atoms with E-state index in [1.54, 1.807) is 6.08 Å². The second-order valence-corrected chi connectivity index (χ2v) is 12.3. The van der Waals surface area contributed by atoms with Crippen molar-refractivity contribution in [3.05, 3.63) is 66.1 Å². The minimum atomic E-state index is -3.44. The first kappa shape index (κ1) is 27.9. The van der Waals surface area contributed by atoms with Gasteiger partial charge in [-0.2, -0.15) is 0 Å². The first-order chi connectivity index (χ1) is 16.9. The van der Waals surface area contributed by atoms with Crippen molar-refractivity contribution < 1.29 is 12.8 Å². The molecular formula is C28H40N4O3S. The fourth-order valence-corrected chi connectivity index (χ4v) is 5.51. The van der Waals surface area contributed by atoms with Gasteiger partial charge < -0.3 is 10.2 Å². The lowest BCUT2D eigenvalue weighted by Gasteiger charge is -2.23. The lowest BCUT2D eigenvalue weighted by Crippen LogP contribution is -2.33. The number of allylic oxidation sites excluding steroid dienone is 4. The molecule has 0 saturated heterocycles. The van der Waals surface area contributed by atoms with Crippen molar-refractivity contribution in [1.29, 1.82) is 0 Å². The van der Waals surface area contributed by atoms with Crippen LogP contribution in [0.4, 0.5) is 5.69 Å². The molecule has 1 aliphatic rings. The van der Waals surface area contributed by atoms with Crippen LogP contribution in [0, 0.1) is 11.8 Å². The zero-order valence-corrected chi connectivity index (χ0v) is 23.0. The summed E-state index contributed by atoms with van der Waals surface area (Å²) in [5, 5.41) is 8.56. The number of sulfonamides is 1. The van der Waals surface area contributed by atoms with Crippen LogP contribution in [0.25, 0.3) is 11.5 Å². The van der Waals surface area contributed by atoms with E-state index in [1.807, 2.05) is 57.2 Å². The van der Waals surface area contributed by atoms with Crippen LogP contribution in [0.5, 0.6) is 0 Å². The van der Waals surface area contributed by atoms with Crippen LogP contribution >= 0.6 is 0 Å². The van der Waals surface area contributed by atoms with Crippen molar-refractivity contribution in [3.8, 4) is 11.5 Å². The molecule has 0 radical (unpaired) electrons. The third kappa shape index (κ3) is 7.40. The summed E-state index contributed by atoms with van der Waals surface area (Å²) in [4.78, 5) is 0. The van der Waals surface area contributed by atoms with Gasteiger partial charge in [0.25, 0.3) is 0 Å². The molecule has 36 heavy (non-hydrogen) atoms. The maximum atomic E-state index is 12.6. The maximum absolute atomic E-state index is 12.6. The van der Waals surface area contributed by atoms with Crippen LogP contribution in [0.3, 0.4) is 0 Å². The summed E-state index contributed by atoms with van der Waals surface area (Å²) < 4.78 is 32.7. The minimum absolute atomic E-state index is 0.336. The molecule has 2 aromatic rings. The fraction of sp³-hybridized carbons (Fsp3) is 0.500. The summed E-state index contributed by atoms with van der Waals surface area (Å²) in [6.07, 6.45) is 13.2.